The van der Waals surface area contributed by atoms with E-state index in [2.05, 4.69) is 528 Å². The van der Waals surface area contributed by atoms with Crippen LogP contribution < -0.4 is 19.8 Å². The Morgan fingerprint density at radius 1 is 0.142 bits per heavy atom. The van der Waals surface area contributed by atoms with Crippen molar-refractivity contribution in [2.75, 3.05) is 14.2 Å². The summed E-state index contributed by atoms with van der Waals surface area (Å²) in [6, 6.07) is 176. The van der Waals surface area contributed by atoms with Crippen LogP contribution in [-0.2, 0) is 0 Å². The Kier molecular flexibility index (Phi) is 24.2. The molecule has 0 amide bonds. The third-order valence-electron chi connectivity index (χ3n) is 30.4. The lowest BCUT2D eigenvalue weighted by Gasteiger charge is -2.23. The van der Waals surface area contributed by atoms with Gasteiger partial charge in [0.25, 0.3) is 0 Å². The van der Waals surface area contributed by atoms with E-state index in [4.69, 9.17) is 9.47 Å². The average Bonchev–Trinajstić information content (AvgIpc) is 0.718. The third kappa shape index (κ3) is 17.3. The fourth-order valence-corrected chi connectivity index (χ4v) is 25.9. The summed E-state index contributed by atoms with van der Waals surface area (Å²) in [5.74, 6) is 1.68. The highest BCUT2D eigenvalue weighted by atomic mass is 28.3. The van der Waals surface area contributed by atoms with Gasteiger partial charge in [0.1, 0.15) is 11.5 Å². The maximum absolute atomic E-state index is 5.70. The molecule has 0 saturated carbocycles. The minimum atomic E-state index is -1.54. The Morgan fingerprint density at radius 3 is 0.628 bits per heavy atom. The summed E-state index contributed by atoms with van der Waals surface area (Å²) >= 11 is 0. The number of fused-ring (bicyclic) bond motifs is 15. The van der Waals surface area contributed by atoms with Gasteiger partial charge in [-0.25, -0.2) is 0 Å². The first kappa shape index (κ1) is 93.2. The van der Waals surface area contributed by atoms with E-state index in [0.29, 0.717) is 0 Å². The van der Waals surface area contributed by atoms with Crippen molar-refractivity contribution >= 4 is 156 Å². The molecule has 0 heterocycles. The molecule has 0 aliphatic carbocycles. The first-order valence-electron chi connectivity index (χ1n) is 51.8. The van der Waals surface area contributed by atoms with Crippen LogP contribution in [0.3, 0.4) is 0 Å². The van der Waals surface area contributed by atoms with E-state index in [1.165, 1.54) is 273 Å². The zero-order valence-corrected chi connectivity index (χ0v) is 87.8. The molecule has 0 bridgehead atoms. The second kappa shape index (κ2) is 38.4. The van der Waals surface area contributed by atoms with Crippen LogP contribution in [0, 0.1) is 27.7 Å². The van der Waals surface area contributed by atoms with Gasteiger partial charge in [-0.05, 0) is 370 Å². The Morgan fingerprint density at radius 2 is 0.358 bits per heavy atom. The van der Waals surface area contributed by atoms with Gasteiger partial charge in [0.15, 0.2) is 0 Å². The molecule has 26 rings (SSSR count). The first-order valence-corrected chi connectivity index (χ1v) is 58.8. The molecule has 710 valence electrons. The monoisotopic (exact) mass is 1930 g/mol. The van der Waals surface area contributed by atoms with E-state index in [-0.39, 0.29) is 0 Å². The van der Waals surface area contributed by atoms with Crippen molar-refractivity contribution in [2.45, 2.75) is 67.0 Å². The molecule has 0 N–H and O–H groups in total. The van der Waals surface area contributed by atoms with E-state index in [0.717, 1.165) is 22.6 Å². The highest BCUT2D eigenvalue weighted by molar-refractivity contribution is 6.89. The SMILES string of the molecule is COc1cccc(-c2c3ccccc3c(-c3cccc(OC)c3)c3cc4c(cc23)c(-c2ccccc2)cc2ccccc24)c1.C[Si](C)(C)c1cccc(-c2c3ccccc3c(-c3cccc([Si](C)(C)C)c3)c3cc4c(cc23)c(-c2ccccc2)cc2ccccc24)c1.Cc1cc(C)cc(-c2cccc(-c3c4ccccc4c(-c4cccc(-c5cc(C)cc(C)c5)c4)c4cc5c(cc34)c(-c3ccccc3)cc3ccccc35)c2)c1. The van der Waals surface area contributed by atoms with Gasteiger partial charge < -0.3 is 9.47 Å². The van der Waals surface area contributed by atoms with Gasteiger partial charge in [0, 0.05) is 0 Å². The highest BCUT2D eigenvalue weighted by Gasteiger charge is 2.29. The lowest BCUT2D eigenvalue weighted by Crippen LogP contribution is -2.37. The van der Waals surface area contributed by atoms with Crippen LogP contribution in [0.4, 0.5) is 0 Å². The summed E-state index contributed by atoms with van der Waals surface area (Å²) in [6.45, 7) is 23.4. The van der Waals surface area contributed by atoms with Crippen molar-refractivity contribution in [3.63, 3.8) is 0 Å². The Balaban J connectivity index is 0.000000119. The summed E-state index contributed by atoms with van der Waals surface area (Å²) in [7, 11) is 0.371. The average molecular weight is 1930 g/mol. The van der Waals surface area contributed by atoms with E-state index in [1.54, 1.807) is 14.2 Å². The summed E-state index contributed by atoms with van der Waals surface area (Å²) in [6.07, 6.45) is 0. The van der Waals surface area contributed by atoms with Crippen LogP contribution in [0.1, 0.15) is 22.3 Å². The molecule has 0 spiro atoms. The van der Waals surface area contributed by atoms with Crippen molar-refractivity contribution in [3.05, 3.63) is 495 Å². The molecule has 0 fully saturated rings. The molecule has 0 aromatic heterocycles. The molecule has 0 saturated heterocycles. The van der Waals surface area contributed by atoms with Crippen molar-refractivity contribution in [3.8, 4) is 134 Å². The largest absolute Gasteiger partial charge is 0.497 e. The first-order chi connectivity index (χ1) is 72.2. The smallest absolute Gasteiger partial charge is 0.119 e. The topological polar surface area (TPSA) is 18.5 Å². The summed E-state index contributed by atoms with van der Waals surface area (Å²) in [4.78, 5) is 0. The van der Waals surface area contributed by atoms with Crippen LogP contribution in [0.25, 0.3) is 252 Å². The molecular weight excluding hydrogens is 1820 g/mol. The fourth-order valence-electron chi connectivity index (χ4n) is 23.6. The van der Waals surface area contributed by atoms with Crippen molar-refractivity contribution in [1.29, 1.82) is 0 Å². The van der Waals surface area contributed by atoms with Crippen LogP contribution in [0.15, 0.2) is 473 Å². The molecule has 26 aromatic rings. The number of aryl methyl sites for hydroxylation is 4. The molecule has 0 atom stereocenters. The van der Waals surface area contributed by atoms with Gasteiger partial charge in [-0.1, -0.05) is 454 Å². The Labute approximate surface area is 869 Å². The number of ether oxygens (including phenoxy) is 2. The van der Waals surface area contributed by atoms with Crippen LogP contribution >= 0.6 is 0 Å². The number of hydrogen-bond acceptors (Lipinski definition) is 2. The van der Waals surface area contributed by atoms with E-state index in [9.17, 15) is 0 Å². The molecule has 0 radical (unpaired) electrons. The Hall–Kier alpha value is -17.1. The molecule has 4 heteroatoms. The van der Waals surface area contributed by atoms with Gasteiger partial charge in [0.2, 0.25) is 0 Å². The second-order valence-electron chi connectivity index (χ2n) is 42.3. The number of benzene rings is 26. The molecule has 0 aliphatic heterocycles. The van der Waals surface area contributed by atoms with Gasteiger partial charge in [-0.15, -0.1) is 0 Å². The predicted octanol–water partition coefficient (Wildman–Crippen LogP) is 39.6. The lowest BCUT2D eigenvalue weighted by molar-refractivity contribution is 0.415. The second-order valence-corrected chi connectivity index (χ2v) is 52.4. The molecule has 2 nitrogen and oxygen atoms in total. The summed E-state index contributed by atoms with van der Waals surface area (Å²) in [5, 5.41) is 33.3. The quantitative estimate of drug-likeness (QED) is 0.0579. The maximum Gasteiger partial charge on any atom is 0.119 e. The van der Waals surface area contributed by atoms with Crippen molar-refractivity contribution in [1.82, 2.24) is 0 Å². The normalized spacial score (nSPS) is 11.8. The van der Waals surface area contributed by atoms with Gasteiger partial charge in [-0.2, -0.15) is 0 Å². The highest BCUT2D eigenvalue weighted by Crippen LogP contribution is 2.54. The zero-order chi connectivity index (χ0) is 101. The number of methoxy groups -OCH3 is 2. The van der Waals surface area contributed by atoms with Gasteiger partial charge in [-0.3, -0.25) is 0 Å². The van der Waals surface area contributed by atoms with Gasteiger partial charge >= 0.3 is 0 Å². The van der Waals surface area contributed by atoms with E-state index < -0.39 is 16.1 Å². The minimum absolute atomic E-state index is 0.841. The standard InChI is InChI=1S/C56H42.C46H42Si2.C42H30O2/c1-35-24-36(2)27-45(26-35)40-17-12-19-43(30-40)55-48-22-10-11-23-49(48)56(44-20-13-18-41(31-44)46-28-37(3)25-38(4)29-46)54-34-52-50(39-14-6-5-7-15-39)32-42-16-8-9-21-47(42)51(52)33-53(54)55;1-47(2,3)35-21-14-19-33(26-35)45-38-24-12-13-25-39(38)46(34-20-15-22-36(27-34)48(4,5)6)44-30-42-40(31-16-8-7-9-17-31)28-32-18-10-11-23-37(32)41(42)29-43(44)45;1-43-31-17-10-15-29(22-31)41-34-20-8-9-21-35(34)42(30-16-11-18-32(23-30)44-2)40-26-38-36(27-12-4-3-5-13-27)24-28-14-6-7-19-33(28)37(38)25-39(40)41/h5-34H,1-4H3;7-30H,1-6H3;3-26H,1-2H3. The van der Waals surface area contributed by atoms with Crippen molar-refractivity contribution in [2.24, 2.45) is 0 Å². The lowest BCUT2D eigenvalue weighted by atomic mass is 9.82. The molecule has 0 unspecified atom stereocenters. The predicted molar refractivity (Wildman–Crippen MR) is 647 cm³/mol. The molecule has 0 aliphatic rings. The number of hydrogen-bond donors (Lipinski definition) is 0. The van der Waals surface area contributed by atoms with Crippen molar-refractivity contribution < 1.29 is 9.47 Å². The molecular formula is C144H114O2Si2. The van der Waals surface area contributed by atoms with Crippen LogP contribution in [0.5, 0.6) is 11.5 Å². The summed E-state index contributed by atoms with van der Waals surface area (Å²) in [5.41, 5.74) is 32.5. The third-order valence-corrected chi connectivity index (χ3v) is 34.5. The van der Waals surface area contributed by atoms with E-state index >= 15 is 0 Å². The van der Waals surface area contributed by atoms with Gasteiger partial charge in [0.05, 0.1) is 30.4 Å². The molecule has 148 heavy (non-hydrogen) atoms. The molecule has 26 aromatic carbocycles. The number of rotatable bonds is 15. The van der Waals surface area contributed by atoms with E-state index in [1.807, 2.05) is 12.1 Å². The summed E-state index contributed by atoms with van der Waals surface area (Å²) < 4.78 is 11.4. The minimum Gasteiger partial charge on any atom is -0.497 e. The zero-order valence-electron chi connectivity index (χ0n) is 85.8. The Bertz CT molecular complexity index is 9770. The van der Waals surface area contributed by atoms with Crippen LogP contribution in [-0.4, -0.2) is 30.4 Å². The van der Waals surface area contributed by atoms with Crippen LogP contribution in [0.2, 0.25) is 39.3 Å². The maximum atomic E-state index is 5.70. The fraction of sp³-hybridized carbons (Fsp3) is 0.0833.